The van der Waals surface area contributed by atoms with Crippen molar-refractivity contribution in [1.29, 1.82) is 0 Å². The van der Waals surface area contributed by atoms with E-state index in [1.807, 2.05) is 5.51 Å². The molecule has 1 aliphatic rings. The first-order chi connectivity index (χ1) is 6.86. The van der Waals surface area contributed by atoms with Crippen molar-refractivity contribution in [2.45, 2.75) is 32.2 Å². The molecule has 2 heterocycles. The maximum Gasteiger partial charge on any atom is 0.110 e. The van der Waals surface area contributed by atoms with Crippen LogP contribution in [0.5, 0.6) is 0 Å². The molecule has 1 saturated heterocycles. The average molecular weight is 211 g/mol. The van der Waals surface area contributed by atoms with Crippen LogP contribution in [0.3, 0.4) is 0 Å². The number of nitrogen functional groups attached to an aromatic ring is 1. The van der Waals surface area contributed by atoms with Gasteiger partial charge in [-0.1, -0.05) is 12.8 Å². The second kappa shape index (κ2) is 4.75. The van der Waals surface area contributed by atoms with E-state index in [1.165, 1.54) is 50.1 Å². The number of thiazole rings is 1. The number of hydrogen-bond donors (Lipinski definition) is 1. The van der Waals surface area contributed by atoms with Crippen LogP contribution in [0.4, 0.5) is 5.00 Å². The minimum Gasteiger partial charge on any atom is -0.389 e. The minimum atomic E-state index is 0.884. The van der Waals surface area contributed by atoms with Crippen molar-refractivity contribution in [1.82, 2.24) is 9.88 Å². The molecule has 0 radical (unpaired) electrons. The van der Waals surface area contributed by atoms with E-state index in [-0.39, 0.29) is 0 Å². The summed E-state index contributed by atoms with van der Waals surface area (Å²) in [6, 6.07) is 0. The van der Waals surface area contributed by atoms with E-state index in [4.69, 9.17) is 5.73 Å². The van der Waals surface area contributed by atoms with E-state index in [1.54, 1.807) is 0 Å². The summed E-state index contributed by atoms with van der Waals surface area (Å²) in [5.74, 6) is 0. The van der Waals surface area contributed by atoms with Gasteiger partial charge in [-0.3, -0.25) is 4.90 Å². The first-order valence-electron chi connectivity index (χ1n) is 5.26. The highest BCUT2D eigenvalue weighted by Crippen LogP contribution is 2.19. The molecule has 2 rings (SSSR count). The molecule has 1 aromatic heterocycles. The van der Waals surface area contributed by atoms with Crippen molar-refractivity contribution in [2.75, 3.05) is 18.8 Å². The van der Waals surface area contributed by atoms with Gasteiger partial charge in [-0.05, 0) is 25.9 Å². The van der Waals surface area contributed by atoms with Crippen LogP contribution < -0.4 is 5.73 Å². The van der Waals surface area contributed by atoms with Crippen LogP contribution >= 0.6 is 11.3 Å². The van der Waals surface area contributed by atoms with E-state index in [0.29, 0.717) is 0 Å². The van der Waals surface area contributed by atoms with Gasteiger partial charge >= 0.3 is 0 Å². The molecule has 0 unspecified atom stereocenters. The lowest BCUT2D eigenvalue weighted by Gasteiger charge is -2.18. The van der Waals surface area contributed by atoms with Crippen molar-refractivity contribution < 1.29 is 0 Å². The van der Waals surface area contributed by atoms with Crippen molar-refractivity contribution in [3.63, 3.8) is 0 Å². The summed E-state index contributed by atoms with van der Waals surface area (Å²) in [4.78, 5) is 6.76. The Hall–Kier alpha value is -0.610. The predicted molar refractivity (Wildman–Crippen MR) is 60.3 cm³/mol. The van der Waals surface area contributed by atoms with Gasteiger partial charge in [0.05, 0.1) is 11.2 Å². The molecule has 0 bridgehead atoms. The molecular formula is C10H17N3S. The molecule has 0 aromatic carbocycles. The number of nitrogens with two attached hydrogens (primary N) is 1. The summed E-state index contributed by atoms with van der Waals surface area (Å²) in [5.41, 5.74) is 8.73. The third-order valence-corrected chi connectivity index (χ3v) is 3.45. The van der Waals surface area contributed by atoms with E-state index in [2.05, 4.69) is 9.88 Å². The Morgan fingerprint density at radius 2 is 2.00 bits per heavy atom. The second-order valence-electron chi connectivity index (χ2n) is 3.85. The van der Waals surface area contributed by atoms with Crippen molar-refractivity contribution >= 4 is 16.3 Å². The Balaban J connectivity index is 1.92. The van der Waals surface area contributed by atoms with Gasteiger partial charge in [0.15, 0.2) is 0 Å². The zero-order valence-corrected chi connectivity index (χ0v) is 9.22. The van der Waals surface area contributed by atoms with E-state index in [9.17, 15) is 0 Å². The summed E-state index contributed by atoms with van der Waals surface area (Å²) in [6.45, 7) is 3.35. The second-order valence-corrected chi connectivity index (χ2v) is 4.74. The smallest absolute Gasteiger partial charge is 0.110 e. The third-order valence-electron chi connectivity index (χ3n) is 2.74. The normalized spacial score (nSPS) is 19.4. The summed E-state index contributed by atoms with van der Waals surface area (Å²) < 4.78 is 0. The van der Waals surface area contributed by atoms with Gasteiger partial charge < -0.3 is 5.73 Å². The fraction of sp³-hybridized carbons (Fsp3) is 0.700. The van der Waals surface area contributed by atoms with Gasteiger partial charge in [-0.15, -0.1) is 11.3 Å². The van der Waals surface area contributed by atoms with Crippen LogP contribution in [-0.2, 0) is 6.54 Å². The van der Waals surface area contributed by atoms with Gasteiger partial charge in [0, 0.05) is 6.54 Å². The minimum absolute atomic E-state index is 0.884. The largest absolute Gasteiger partial charge is 0.389 e. The molecule has 0 amide bonds. The summed E-state index contributed by atoms with van der Waals surface area (Å²) in [7, 11) is 0. The monoisotopic (exact) mass is 211 g/mol. The van der Waals surface area contributed by atoms with Gasteiger partial charge in [0.1, 0.15) is 5.00 Å². The number of aromatic nitrogens is 1. The quantitative estimate of drug-likeness (QED) is 0.814. The van der Waals surface area contributed by atoms with E-state index in [0.717, 1.165) is 17.2 Å². The molecule has 1 aromatic rings. The Bertz CT molecular complexity index is 277. The molecule has 0 atom stereocenters. The molecule has 14 heavy (non-hydrogen) atoms. The highest BCUT2D eigenvalue weighted by molar-refractivity contribution is 7.13. The summed E-state index contributed by atoms with van der Waals surface area (Å²) in [5, 5.41) is 0.884. The molecule has 0 saturated carbocycles. The Labute approximate surface area is 88.9 Å². The lowest BCUT2D eigenvalue weighted by Crippen LogP contribution is -2.24. The van der Waals surface area contributed by atoms with Crippen LogP contribution in [-0.4, -0.2) is 23.0 Å². The SMILES string of the molecule is Nc1scnc1CN1CCCCCC1. The third kappa shape index (κ3) is 2.45. The van der Waals surface area contributed by atoms with Crippen LogP contribution in [0.25, 0.3) is 0 Å². The lowest BCUT2D eigenvalue weighted by atomic mass is 10.2. The van der Waals surface area contributed by atoms with Crippen LogP contribution in [0.1, 0.15) is 31.4 Å². The number of rotatable bonds is 2. The summed E-state index contributed by atoms with van der Waals surface area (Å²) >= 11 is 1.54. The topological polar surface area (TPSA) is 42.1 Å². The maximum absolute atomic E-state index is 5.83. The van der Waals surface area contributed by atoms with Crippen molar-refractivity contribution in [3.05, 3.63) is 11.2 Å². The average Bonchev–Trinajstić information content (AvgIpc) is 2.44. The summed E-state index contributed by atoms with van der Waals surface area (Å²) in [6.07, 6.45) is 5.40. The molecule has 4 heteroatoms. The number of anilines is 1. The van der Waals surface area contributed by atoms with E-state index < -0.39 is 0 Å². The highest BCUT2D eigenvalue weighted by Gasteiger charge is 2.12. The van der Waals surface area contributed by atoms with Crippen molar-refractivity contribution in [2.24, 2.45) is 0 Å². The zero-order valence-electron chi connectivity index (χ0n) is 8.41. The van der Waals surface area contributed by atoms with Gasteiger partial charge in [0.25, 0.3) is 0 Å². The highest BCUT2D eigenvalue weighted by atomic mass is 32.1. The number of nitrogens with zero attached hydrogens (tertiary/aromatic N) is 2. The standard InChI is InChI=1S/C10H17N3S/c11-10-9(12-8-14-10)7-13-5-3-1-2-4-6-13/h8H,1-7,11H2. The van der Waals surface area contributed by atoms with E-state index >= 15 is 0 Å². The van der Waals surface area contributed by atoms with Crippen molar-refractivity contribution in [3.8, 4) is 0 Å². The molecule has 78 valence electrons. The van der Waals surface area contributed by atoms with Crippen LogP contribution in [0.15, 0.2) is 5.51 Å². The zero-order chi connectivity index (χ0) is 9.80. The fourth-order valence-electron chi connectivity index (χ4n) is 1.90. The maximum atomic E-state index is 5.83. The Morgan fingerprint density at radius 1 is 1.29 bits per heavy atom. The van der Waals surface area contributed by atoms with Gasteiger partial charge in [0.2, 0.25) is 0 Å². The molecular weight excluding hydrogens is 194 g/mol. The molecule has 1 fully saturated rings. The van der Waals surface area contributed by atoms with Gasteiger partial charge in [-0.2, -0.15) is 0 Å². The molecule has 1 aliphatic heterocycles. The number of hydrogen-bond acceptors (Lipinski definition) is 4. The molecule has 0 spiro atoms. The first-order valence-corrected chi connectivity index (χ1v) is 6.14. The van der Waals surface area contributed by atoms with Crippen LogP contribution in [0, 0.1) is 0 Å². The molecule has 0 aliphatic carbocycles. The first kappa shape index (κ1) is 9.93. The molecule has 2 N–H and O–H groups in total. The predicted octanol–water partition coefficient (Wildman–Crippen LogP) is 2.10. The Morgan fingerprint density at radius 3 is 2.57 bits per heavy atom. The molecule has 3 nitrogen and oxygen atoms in total. The van der Waals surface area contributed by atoms with Crippen LogP contribution in [0.2, 0.25) is 0 Å². The number of likely N-dealkylation sites (tertiary alicyclic amines) is 1. The fourth-order valence-corrected chi connectivity index (χ4v) is 2.45. The van der Waals surface area contributed by atoms with Gasteiger partial charge in [-0.25, -0.2) is 4.98 Å². The Kier molecular flexibility index (Phi) is 3.37. The lowest BCUT2D eigenvalue weighted by molar-refractivity contribution is 0.274.